The molecule has 1 fully saturated rings. The van der Waals surface area contributed by atoms with Crippen molar-refractivity contribution in [2.24, 2.45) is 0 Å². The monoisotopic (exact) mass is 253 g/mol. The van der Waals surface area contributed by atoms with Crippen LogP contribution in [0.1, 0.15) is 32.6 Å². The number of rotatable bonds is 3. The molecule has 1 heterocycles. The Balaban J connectivity index is 1.93. The lowest BCUT2D eigenvalue weighted by atomic mass is 10.1. The van der Waals surface area contributed by atoms with Gasteiger partial charge in [0.2, 0.25) is 0 Å². The maximum absolute atomic E-state index is 5.94. The van der Waals surface area contributed by atoms with Crippen LogP contribution in [0, 0.1) is 0 Å². The average Bonchev–Trinajstić information content (AvgIpc) is 2.57. The van der Waals surface area contributed by atoms with E-state index in [-0.39, 0.29) is 6.10 Å². The molecule has 2 nitrogen and oxygen atoms in total. The first-order valence-electron chi connectivity index (χ1n) is 6.41. The highest BCUT2D eigenvalue weighted by molar-refractivity contribution is 6.30. The Bertz CT molecular complexity index is 348. The summed E-state index contributed by atoms with van der Waals surface area (Å²) in [6.45, 7) is 3.23. The Hall–Kier alpha value is -0.730. The van der Waals surface area contributed by atoms with Crippen LogP contribution in [0.2, 0.25) is 5.02 Å². The average molecular weight is 254 g/mol. The summed E-state index contributed by atoms with van der Waals surface area (Å²) in [7, 11) is 0. The predicted molar refractivity (Wildman–Crippen MR) is 71.8 cm³/mol. The van der Waals surface area contributed by atoms with E-state index in [2.05, 4.69) is 12.2 Å². The zero-order chi connectivity index (χ0) is 12.1. The molecule has 3 heteroatoms. The van der Waals surface area contributed by atoms with E-state index in [0.717, 1.165) is 17.3 Å². The molecule has 2 rings (SSSR count). The van der Waals surface area contributed by atoms with Crippen molar-refractivity contribution in [2.45, 2.75) is 44.8 Å². The van der Waals surface area contributed by atoms with Crippen LogP contribution in [0.5, 0.6) is 5.75 Å². The van der Waals surface area contributed by atoms with E-state index >= 15 is 0 Å². The van der Waals surface area contributed by atoms with Gasteiger partial charge >= 0.3 is 0 Å². The van der Waals surface area contributed by atoms with Gasteiger partial charge in [0, 0.05) is 11.1 Å². The minimum atomic E-state index is 0.187. The lowest BCUT2D eigenvalue weighted by molar-refractivity contribution is 0.167. The first-order chi connectivity index (χ1) is 8.25. The molecule has 1 saturated heterocycles. The normalized spacial score (nSPS) is 22.8. The smallest absolute Gasteiger partial charge is 0.121 e. The molecule has 1 N–H and O–H groups in total. The Morgan fingerprint density at radius 3 is 3.06 bits per heavy atom. The largest absolute Gasteiger partial charge is 0.489 e. The molecule has 2 unspecified atom stereocenters. The summed E-state index contributed by atoms with van der Waals surface area (Å²) in [4.78, 5) is 0. The predicted octanol–water partition coefficient (Wildman–Crippen LogP) is 3.64. The number of halogens is 1. The molecule has 1 aliphatic heterocycles. The lowest BCUT2D eigenvalue weighted by Gasteiger charge is -2.24. The van der Waals surface area contributed by atoms with Crippen molar-refractivity contribution in [3.8, 4) is 5.75 Å². The van der Waals surface area contributed by atoms with Gasteiger partial charge in [-0.15, -0.1) is 0 Å². The number of hydrogen-bond acceptors (Lipinski definition) is 2. The van der Waals surface area contributed by atoms with Gasteiger partial charge in [-0.05, 0) is 44.5 Å². The van der Waals surface area contributed by atoms with Crippen molar-refractivity contribution >= 4 is 11.6 Å². The third kappa shape index (κ3) is 3.90. The van der Waals surface area contributed by atoms with Gasteiger partial charge in [-0.2, -0.15) is 0 Å². The molecular weight excluding hydrogens is 234 g/mol. The van der Waals surface area contributed by atoms with E-state index in [9.17, 15) is 0 Å². The summed E-state index contributed by atoms with van der Waals surface area (Å²) in [5.41, 5.74) is 0. The zero-order valence-corrected chi connectivity index (χ0v) is 11.0. The van der Waals surface area contributed by atoms with E-state index in [4.69, 9.17) is 16.3 Å². The number of nitrogens with one attached hydrogen (secondary N) is 1. The fraction of sp³-hybridized carbons (Fsp3) is 0.571. The summed E-state index contributed by atoms with van der Waals surface area (Å²) in [5, 5.41) is 4.28. The molecule has 0 spiro atoms. The third-order valence-electron chi connectivity index (χ3n) is 3.28. The Morgan fingerprint density at radius 1 is 1.35 bits per heavy atom. The van der Waals surface area contributed by atoms with Gasteiger partial charge in [-0.3, -0.25) is 0 Å². The van der Waals surface area contributed by atoms with Gasteiger partial charge in [-0.25, -0.2) is 0 Å². The molecule has 1 aromatic rings. The van der Waals surface area contributed by atoms with E-state index in [1.165, 1.54) is 25.7 Å². The van der Waals surface area contributed by atoms with Crippen LogP contribution in [-0.2, 0) is 0 Å². The molecule has 0 aromatic heterocycles. The van der Waals surface area contributed by atoms with Gasteiger partial charge in [0.25, 0.3) is 0 Å². The summed E-state index contributed by atoms with van der Waals surface area (Å²) in [6.07, 6.45) is 5.28. The van der Waals surface area contributed by atoms with Crippen molar-refractivity contribution in [3.63, 3.8) is 0 Å². The van der Waals surface area contributed by atoms with Crippen molar-refractivity contribution in [1.82, 2.24) is 5.32 Å². The summed E-state index contributed by atoms with van der Waals surface area (Å²) >= 11 is 5.94. The van der Waals surface area contributed by atoms with Crippen LogP contribution in [0.15, 0.2) is 24.3 Å². The Kier molecular flexibility index (Phi) is 4.69. The van der Waals surface area contributed by atoms with Gasteiger partial charge in [0.15, 0.2) is 0 Å². The van der Waals surface area contributed by atoms with Crippen LogP contribution < -0.4 is 10.1 Å². The van der Waals surface area contributed by atoms with Crippen molar-refractivity contribution in [1.29, 1.82) is 0 Å². The van der Waals surface area contributed by atoms with Crippen molar-refractivity contribution < 1.29 is 4.74 Å². The van der Waals surface area contributed by atoms with E-state index < -0.39 is 0 Å². The molecule has 0 bridgehead atoms. The number of hydrogen-bond donors (Lipinski definition) is 1. The van der Waals surface area contributed by atoms with Gasteiger partial charge in [0.05, 0.1) is 0 Å². The highest BCUT2D eigenvalue weighted by Gasteiger charge is 2.19. The number of benzene rings is 1. The fourth-order valence-corrected chi connectivity index (χ4v) is 2.47. The van der Waals surface area contributed by atoms with E-state index in [1.807, 2.05) is 24.3 Å². The van der Waals surface area contributed by atoms with Gasteiger partial charge < -0.3 is 10.1 Å². The van der Waals surface area contributed by atoms with Crippen molar-refractivity contribution in [2.75, 3.05) is 6.54 Å². The molecule has 17 heavy (non-hydrogen) atoms. The number of ether oxygens (including phenoxy) is 1. The molecule has 0 amide bonds. The standard InChI is InChI=1S/C14H20ClNO/c1-11(14-8-3-2-4-9-16-14)17-13-7-5-6-12(15)10-13/h5-7,10-11,14,16H,2-4,8-9H2,1H3. The van der Waals surface area contributed by atoms with Crippen molar-refractivity contribution in [3.05, 3.63) is 29.3 Å². The van der Waals surface area contributed by atoms with Gasteiger partial charge in [-0.1, -0.05) is 30.5 Å². The van der Waals surface area contributed by atoms with Crippen LogP contribution in [0.3, 0.4) is 0 Å². The summed E-state index contributed by atoms with van der Waals surface area (Å²) < 4.78 is 5.94. The second kappa shape index (κ2) is 6.27. The Labute approximate surface area is 108 Å². The SMILES string of the molecule is CC(Oc1cccc(Cl)c1)C1CCCCCN1. The molecule has 0 aliphatic carbocycles. The Morgan fingerprint density at radius 2 is 2.24 bits per heavy atom. The molecule has 1 aromatic carbocycles. The first kappa shape index (κ1) is 12.7. The van der Waals surface area contributed by atoms with Crippen LogP contribution in [-0.4, -0.2) is 18.7 Å². The fourth-order valence-electron chi connectivity index (χ4n) is 2.29. The maximum Gasteiger partial charge on any atom is 0.121 e. The topological polar surface area (TPSA) is 21.3 Å². The van der Waals surface area contributed by atoms with E-state index in [1.54, 1.807) is 0 Å². The first-order valence-corrected chi connectivity index (χ1v) is 6.79. The van der Waals surface area contributed by atoms with Gasteiger partial charge in [0.1, 0.15) is 11.9 Å². The molecule has 94 valence electrons. The summed E-state index contributed by atoms with van der Waals surface area (Å²) in [6, 6.07) is 8.07. The van der Waals surface area contributed by atoms with Crippen LogP contribution in [0.4, 0.5) is 0 Å². The van der Waals surface area contributed by atoms with Crippen LogP contribution in [0.25, 0.3) is 0 Å². The highest BCUT2D eigenvalue weighted by atomic mass is 35.5. The minimum Gasteiger partial charge on any atom is -0.489 e. The van der Waals surface area contributed by atoms with Crippen LogP contribution >= 0.6 is 11.6 Å². The molecule has 0 radical (unpaired) electrons. The summed E-state index contributed by atoms with van der Waals surface area (Å²) in [5.74, 6) is 0.857. The maximum atomic E-state index is 5.94. The lowest BCUT2D eigenvalue weighted by Crippen LogP contribution is -2.40. The second-order valence-corrected chi connectivity index (χ2v) is 5.13. The zero-order valence-electron chi connectivity index (χ0n) is 10.3. The highest BCUT2D eigenvalue weighted by Crippen LogP contribution is 2.20. The quantitative estimate of drug-likeness (QED) is 0.888. The molecule has 2 atom stereocenters. The second-order valence-electron chi connectivity index (χ2n) is 4.69. The molecular formula is C14H20ClNO. The van der Waals surface area contributed by atoms with E-state index in [0.29, 0.717) is 6.04 Å². The minimum absolute atomic E-state index is 0.187. The molecule has 1 aliphatic rings. The molecule has 0 saturated carbocycles. The third-order valence-corrected chi connectivity index (χ3v) is 3.52.